The quantitative estimate of drug-likeness (QED) is 0.245. The summed E-state index contributed by atoms with van der Waals surface area (Å²) in [5.74, 6) is -5.04. The van der Waals surface area contributed by atoms with Gasteiger partial charge in [0.2, 0.25) is 5.91 Å². The summed E-state index contributed by atoms with van der Waals surface area (Å²) < 4.78 is 84.3. The number of benzene rings is 2. The molecule has 3 atom stereocenters. The van der Waals surface area contributed by atoms with Crippen molar-refractivity contribution in [3.63, 3.8) is 0 Å². The van der Waals surface area contributed by atoms with Crippen molar-refractivity contribution >= 4 is 11.8 Å². The van der Waals surface area contributed by atoms with Gasteiger partial charge < -0.3 is 16.2 Å². The zero-order chi connectivity index (χ0) is 31.9. The van der Waals surface area contributed by atoms with Gasteiger partial charge in [-0.3, -0.25) is 19.3 Å². The van der Waals surface area contributed by atoms with Crippen molar-refractivity contribution in [2.24, 2.45) is 11.7 Å². The Hall–Kier alpha value is -4.72. The van der Waals surface area contributed by atoms with Gasteiger partial charge in [0.1, 0.15) is 24.0 Å². The lowest BCUT2D eigenvalue weighted by atomic mass is 9.94. The number of rotatable bonds is 8. The Morgan fingerprint density at radius 2 is 1.82 bits per heavy atom. The zero-order valence-corrected chi connectivity index (χ0v) is 23.0. The van der Waals surface area contributed by atoms with E-state index in [0.29, 0.717) is 11.6 Å². The molecule has 0 saturated carbocycles. The number of halogens is 6. The highest BCUT2D eigenvalue weighted by Gasteiger charge is 2.44. The van der Waals surface area contributed by atoms with Crippen LogP contribution in [0.5, 0.6) is 0 Å². The molecule has 0 radical (unpaired) electrons. The Balaban J connectivity index is 1.54. The van der Waals surface area contributed by atoms with Crippen molar-refractivity contribution in [1.29, 1.82) is 0 Å². The molecule has 5 rings (SSSR count). The molecule has 0 aliphatic heterocycles. The first-order valence-corrected chi connectivity index (χ1v) is 13.4. The Labute approximate surface area is 246 Å². The van der Waals surface area contributed by atoms with E-state index in [-0.39, 0.29) is 40.9 Å². The molecule has 2 aromatic carbocycles. The summed E-state index contributed by atoms with van der Waals surface area (Å²) in [7, 11) is 0. The maximum atomic E-state index is 14.2. The molecule has 8 nitrogen and oxygen atoms in total. The van der Waals surface area contributed by atoms with E-state index in [1.54, 1.807) is 13.0 Å². The number of nitrogens with zero attached hydrogens (tertiary/aromatic N) is 3. The van der Waals surface area contributed by atoms with Gasteiger partial charge in [0, 0.05) is 23.4 Å². The third-order valence-corrected chi connectivity index (χ3v) is 7.41. The van der Waals surface area contributed by atoms with Crippen molar-refractivity contribution in [2.75, 3.05) is 0 Å². The number of alkyl halides is 3. The monoisotopic (exact) mass is 617 g/mol. The highest BCUT2D eigenvalue weighted by Crippen LogP contribution is 2.43. The van der Waals surface area contributed by atoms with Crippen LogP contribution in [-0.2, 0) is 30.4 Å². The van der Waals surface area contributed by atoms with Gasteiger partial charge in [-0.05, 0) is 60.2 Å². The Kier molecular flexibility index (Phi) is 8.21. The number of carbonyl (C=O) groups excluding carboxylic acids is 2. The van der Waals surface area contributed by atoms with Crippen molar-refractivity contribution < 1.29 is 41.0 Å². The fraction of sp³-hybridized carbons (Fsp3) is 0.267. The molecule has 2 heterocycles. The number of aliphatic hydroxyl groups excluding tert-OH is 1. The van der Waals surface area contributed by atoms with E-state index in [9.17, 15) is 41.0 Å². The van der Waals surface area contributed by atoms with Gasteiger partial charge in [-0.15, -0.1) is 0 Å². The summed E-state index contributed by atoms with van der Waals surface area (Å²) in [5, 5.41) is 16.8. The standard InChI is InChI=1S/C30H25F6N5O3/c1-14-7-21-26(27(14)43)41(40-28(21)30(34,35)36)13-24(42)39-23(10-15-8-17(31)12-18(32)9-15)25-19(3-2-6-38-25)16-4-5-22(33)20(11-16)29(37)44/h2-6,8-9,11-12,14,23,27,43H,7,10,13H2,1H3,(H2,37,44)(H,39,42)/t14-,23+,27+/m1/s1. The molecular weight excluding hydrogens is 592 g/mol. The van der Waals surface area contributed by atoms with E-state index in [0.717, 1.165) is 22.9 Å². The first-order chi connectivity index (χ1) is 20.7. The molecule has 2 aromatic heterocycles. The summed E-state index contributed by atoms with van der Waals surface area (Å²) in [6.45, 7) is 0.853. The van der Waals surface area contributed by atoms with Crippen molar-refractivity contribution in [3.8, 4) is 11.1 Å². The number of hydrogen-bond acceptors (Lipinski definition) is 5. The van der Waals surface area contributed by atoms with Crippen LogP contribution in [0, 0.1) is 23.4 Å². The van der Waals surface area contributed by atoms with E-state index in [4.69, 9.17) is 5.73 Å². The van der Waals surface area contributed by atoms with Gasteiger partial charge >= 0.3 is 6.18 Å². The minimum atomic E-state index is -4.82. The van der Waals surface area contributed by atoms with Crippen LogP contribution in [-0.4, -0.2) is 31.7 Å². The van der Waals surface area contributed by atoms with Gasteiger partial charge in [-0.1, -0.05) is 19.1 Å². The van der Waals surface area contributed by atoms with Gasteiger partial charge in [-0.25, -0.2) is 13.2 Å². The van der Waals surface area contributed by atoms with Crippen LogP contribution in [0.3, 0.4) is 0 Å². The molecule has 0 saturated heterocycles. The predicted octanol–water partition coefficient (Wildman–Crippen LogP) is 4.81. The first-order valence-electron chi connectivity index (χ1n) is 13.4. The summed E-state index contributed by atoms with van der Waals surface area (Å²) in [4.78, 5) is 29.5. The van der Waals surface area contributed by atoms with Crippen LogP contribution in [0.1, 0.15) is 57.6 Å². The molecule has 230 valence electrons. The molecule has 1 aliphatic rings. The number of carbonyl (C=O) groups is 2. The van der Waals surface area contributed by atoms with E-state index in [1.807, 2.05) is 0 Å². The van der Waals surface area contributed by atoms with Crippen LogP contribution in [0.2, 0.25) is 0 Å². The molecule has 2 amide bonds. The van der Waals surface area contributed by atoms with Crippen LogP contribution in [0.15, 0.2) is 54.7 Å². The Bertz CT molecular complexity index is 1740. The Morgan fingerprint density at radius 1 is 1.11 bits per heavy atom. The molecule has 0 spiro atoms. The molecule has 0 bridgehead atoms. The van der Waals surface area contributed by atoms with Crippen LogP contribution >= 0.6 is 0 Å². The molecule has 0 unspecified atom stereocenters. The minimum Gasteiger partial charge on any atom is -0.387 e. The van der Waals surface area contributed by atoms with Gasteiger partial charge in [-0.2, -0.15) is 18.3 Å². The van der Waals surface area contributed by atoms with E-state index in [1.165, 1.54) is 24.4 Å². The van der Waals surface area contributed by atoms with Gasteiger partial charge in [0.05, 0.1) is 29.1 Å². The molecule has 4 N–H and O–H groups in total. The molecule has 4 aromatic rings. The first kappa shape index (κ1) is 30.7. The van der Waals surface area contributed by atoms with Gasteiger partial charge in [0.25, 0.3) is 5.91 Å². The SMILES string of the molecule is C[C@@H]1Cc2c(C(F)(F)F)nn(CC(=O)N[C@@H](Cc3cc(F)cc(F)c3)c3ncccc3-c3ccc(F)c(C(N)=O)c3)c2[C@H]1O. The van der Waals surface area contributed by atoms with E-state index in [2.05, 4.69) is 15.4 Å². The largest absolute Gasteiger partial charge is 0.435 e. The molecule has 0 fully saturated rings. The van der Waals surface area contributed by atoms with Crippen LogP contribution < -0.4 is 11.1 Å². The second-order valence-corrected chi connectivity index (χ2v) is 10.6. The fourth-order valence-electron chi connectivity index (χ4n) is 5.47. The highest BCUT2D eigenvalue weighted by atomic mass is 19.4. The van der Waals surface area contributed by atoms with Crippen molar-refractivity contribution in [2.45, 2.75) is 44.6 Å². The number of nitrogens with two attached hydrogens (primary N) is 1. The number of amides is 2. The van der Waals surface area contributed by atoms with Crippen molar-refractivity contribution in [3.05, 3.63) is 106 Å². The minimum absolute atomic E-state index is 0.0804. The second kappa shape index (κ2) is 11.8. The summed E-state index contributed by atoms with van der Waals surface area (Å²) in [5.41, 5.74) is 4.23. The number of hydrogen-bond donors (Lipinski definition) is 3. The highest BCUT2D eigenvalue weighted by molar-refractivity contribution is 5.94. The number of aromatic nitrogens is 3. The smallest absolute Gasteiger partial charge is 0.387 e. The summed E-state index contributed by atoms with van der Waals surface area (Å²) >= 11 is 0. The maximum Gasteiger partial charge on any atom is 0.435 e. The zero-order valence-electron chi connectivity index (χ0n) is 23.0. The van der Waals surface area contributed by atoms with E-state index < -0.39 is 71.3 Å². The van der Waals surface area contributed by atoms with Gasteiger partial charge in [0.15, 0.2) is 5.69 Å². The lowest BCUT2D eigenvalue weighted by Gasteiger charge is -2.22. The van der Waals surface area contributed by atoms with E-state index >= 15 is 0 Å². The lowest BCUT2D eigenvalue weighted by molar-refractivity contribution is -0.142. The molecule has 1 aliphatic carbocycles. The average Bonchev–Trinajstić information content (AvgIpc) is 3.43. The molecular formula is C30H25F6N5O3. The number of aliphatic hydroxyl groups is 1. The molecule has 14 heteroatoms. The maximum absolute atomic E-state index is 14.2. The summed E-state index contributed by atoms with van der Waals surface area (Å²) in [6.07, 6.45) is -5.03. The van der Waals surface area contributed by atoms with Crippen LogP contribution in [0.4, 0.5) is 26.3 Å². The molecule has 44 heavy (non-hydrogen) atoms. The number of primary amides is 1. The number of fused-ring (bicyclic) bond motifs is 1. The van der Waals surface area contributed by atoms with Crippen LogP contribution in [0.25, 0.3) is 11.1 Å². The predicted molar refractivity (Wildman–Crippen MR) is 144 cm³/mol. The fourth-order valence-corrected chi connectivity index (χ4v) is 5.47. The number of nitrogens with one attached hydrogen (secondary N) is 1. The average molecular weight is 618 g/mol. The topological polar surface area (TPSA) is 123 Å². The third-order valence-electron chi connectivity index (χ3n) is 7.41. The lowest BCUT2D eigenvalue weighted by Crippen LogP contribution is -2.34. The third kappa shape index (κ3) is 6.16. The second-order valence-electron chi connectivity index (χ2n) is 10.6. The summed E-state index contributed by atoms with van der Waals surface area (Å²) in [6, 6.07) is 8.26. The normalized spacial score (nSPS) is 16.9. The van der Waals surface area contributed by atoms with Crippen molar-refractivity contribution in [1.82, 2.24) is 20.1 Å². The number of pyridine rings is 1. The Morgan fingerprint density at radius 3 is 2.48 bits per heavy atom.